The van der Waals surface area contributed by atoms with E-state index in [4.69, 9.17) is 5.73 Å². The second-order valence-corrected chi connectivity index (χ2v) is 5.98. The zero-order valence-electron chi connectivity index (χ0n) is 12.6. The van der Waals surface area contributed by atoms with Crippen molar-refractivity contribution in [3.63, 3.8) is 0 Å². The van der Waals surface area contributed by atoms with Gasteiger partial charge in [-0.3, -0.25) is 9.69 Å². The molecule has 1 saturated heterocycles. The van der Waals surface area contributed by atoms with Crippen LogP contribution >= 0.6 is 0 Å². The highest BCUT2D eigenvalue weighted by atomic mass is 16.2. The smallest absolute Gasteiger partial charge is 0.241 e. The van der Waals surface area contributed by atoms with Gasteiger partial charge in [0.15, 0.2) is 0 Å². The van der Waals surface area contributed by atoms with E-state index in [1.165, 1.54) is 0 Å². The summed E-state index contributed by atoms with van der Waals surface area (Å²) >= 11 is 0. The van der Waals surface area contributed by atoms with Crippen molar-refractivity contribution < 1.29 is 4.79 Å². The lowest BCUT2D eigenvalue weighted by atomic mass is 10.0. The van der Waals surface area contributed by atoms with Crippen molar-refractivity contribution in [2.75, 3.05) is 18.4 Å². The molecule has 1 fully saturated rings. The van der Waals surface area contributed by atoms with Crippen LogP contribution in [-0.2, 0) is 11.3 Å². The van der Waals surface area contributed by atoms with Crippen LogP contribution in [0.15, 0.2) is 24.3 Å². The summed E-state index contributed by atoms with van der Waals surface area (Å²) in [4.78, 5) is 14.6. The van der Waals surface area contributed by atoms with Crippen molar-refractivity contribution in [3.05, 3.63) is 29.8 Å². The van der Waals surface area contributed by atoms with Gasteiger partial charge in [0.2, 0.25) is 5.91 Å². The normalized spacial score (nSPS) is 24.6. The Balaban J connectivity index is 1.97. The van der Waals surface area contributed by atoms with E-state index in [1.54, 1.807) is 0 Å². The van der Waals surface area contributed by atoms with Gasteiger partial charge in [-0.25, -0.2) is 0 Å². The largest absolute Gasteiger partial charge is 0.326 e. The molecule has 1 heterocycles. The highest BCUT2D eigenvalue weighted by molar-refractivity contribution is 5.94. The molecular weight excluding hydrogens is 250 g/mol. The third-order valence-electron chi connectivity index (χ3n) is 4.37. The van der Waals surface area contributed by atoms with Gasteiger partial charge in [0.1, 0.15) is 0 Å². The molecule has 4 nitrogen and oxygen atoms in total. The minimum absolute atomic E-state index is 0.0560. The van der Waals surface area contributed by atoms with Crippen LogP contribution in [0.4, 0.5) is 5.69 Å². The highest BCUT2D eigenvalue weighted by Gasteiger charge is 2.31. The highest BCUT2D eigenvalue weighted by Crippen LogP contribution is 2.24. The summed E-state index contributed by atoms with van der Waals surface area (Å²) in [6, 6.07) is 7.62. The Hall–Kier alpha value is -1.39. The SMILES string of the molecule is CC1CN(C(C)C(=O)Nc2cccc(CN)c2)CC1C. The summed E-state index contributed by atoms with van der Waals surface area (Å²) in [6.07, 6.45) is 0. The molecule has 1 amide bonds. The second-order valence-electron chi connectivity index (χ2n) is 5.98. The van der Waals surface area contributed by atoms with Crippen LogP contribution in [0.3, 0.4) is 0 Å². The van der Waals surface area contributed by atoms with Crippen molar-refractivity contribution in [1.29, 1.82) is 0 Å². The minimum Gasteiger partial charge on any atom is -0.326 e. The van der Waals surface area contributed by atoms with E-state index >= 15 is 0 Å². The summed E-state index contributed by atoms with van der Waals surface area (Å²) in [6.45, 7) is 8.96. The topological polar surface area (TPSA) is 58.4 Å². The number of likely N-dealkylation sites (tertiary alicyclic amines) is 1. The summed E-state index contributed by atoms with van der Waals surface area (Å²) in [5, 5.41) is 2.99. The Labute approximate surface area is 121 Å². The molecular formula is C16H25N3O. The lowest BCUT2D eigenvalue weighted by Crippen LogP contribution is -2.40. The Morgan fingerprint density at radius 3 is 2.65 bits per heavy atom. The molecule has 1 aliphatic rings. The first kappa shape index (κ1) is 15.0. The van der Waals surface area contributed by atoms with Crippen LogP contribution < -0.4 is 11.1 Å². The van der Waals surface area contributed by atoms with Crippen LogP contribution in [0, 0.1) is 11.8 Å². The Bertz CT molecular complexity index is 465. The summed E-state index contributed by atoms with van der Waals surface area (Å²) < 4.78 is 0. The van der Waals surface area contributed by atoms with Gasteiger partial charge in [0, 0.05) is 25.3 Å². The fraction of sp³-hybridized carbons (Fsp3) is 0.562. The quantitative estimate of drug-likeness (QED) is 0.884. The van der Waals surface area contributed by atoms with Gasteiger partial charge in [0.05, 0.1) is 6.04 Å². The fourth-order valence-electron chi connectivity index (χ4n) is 2.68. The van der Waals surface area contributed by atoms with E-state index in [9.17, 15) is 4.79 Å². The number of rotatable bonds is 4. The predicted molar refractivity (Wildman–Crippen MR) is 82.3 cm³/mol. The summed E-state index contributed by atoms with van der Waals surface area (Å²) in [5.41, 5.74) is 7.47. The number of carbonyl (C=O) groups is 1. The number of carbonyl (C=O) groups excluding carboxylic acids is 1. The third-order valence-corrected chi connectivity index (χ3v) is 4.37. The molecule has 0 aliphatic carbocycles. The van der Waals surface area contributed by atoms with E-state index in [1.807, 2.05) is 31.2 Å². The maximum atomic E-state index is 12.3. The van der Waals surface area contributed by atoms with E-state index in [-0.39, 0.29) is 11.9 Å². The Morgan fingerprint density at radius 2 is 2.05 bits per heavy atom. The summed E-state index contributed by atoms with van der Waals surface area (Å²) in [7, 11) is 0. The van der Waals surface area contributed by atoms with Gasteiger partial charge in [-0.1, -0.05) is 26.0 Å². The number of anilines is 1. The van der Waals surface area contributed by atoms with Crippen LogP contribution in [0.25, 0.3) is 0 Å². The first-order valence-corrected chi connectivity index (χ1v) is 7.35. The van der Waals surface area contributed by atoms with E-state index in [2.05, 4.69) is 24.1 Å². The molecule has 0 spiro atoms. The zero-order valence-corrected chi connectivity index (χ0v) is 12.6. The molecule has 110 valence electrons. The molecule has 20 heavy (non-hydrogen) atoms. The molecule has 0 aromatic heterocycles. The monoisotopic (exact) mass is 275 g/mol. The average Bonchev–Trinajstić information content (AvgIpc) is 2.78. The van der Waals surface area contributed by atoms with E-state index < -0.39 is 0 Å². The maximum absolute atomic E-state index is 12.3. The lowest BCUT2D eigenvalue weighted by molar-refractivity contribution is -0.120. The van der Waals surface area contributed by atoms with E-state index in [0.717, 1.165) is 24.3 Å². The fourth-order valence-corrected chi connectivity index (χ4v) is 2.68. The van der Waals surface area contributed by atoms with Crippen LogP contribution in [-0.4, -0.2) is 29.9 Å². The number of nitrogens with zero attached hydrogens (tertiary/aromatic N) is 1. The molecule has 3 unspecified atom stereocenters. The molecule has 1 aromatic rings. The van der Waals surface area contributed by atoms with Gasteiger partial charge < -0.3 is 11.1 Å². The van der Waals surface area contributed by atoms with Crippen molar-refractivity contribution in [2.24, 2.45) is 17.6 Å². The minimum atomic E-state index is -0.0936. The molecule has 2 rings (SSSR count). The second kappa shape index (κ2) is 6.37. The van der Waals surface area contributed by atoms with Crippen molar-refractivity contribution in [1.82, 2.24) is 4.90 Å². The number of benzene rings is 1. The lowest BCUT2D eigenvalue weighted by Gasteiger charge is -2.23. The number of nitrogens with one attached hydrogen (secondary N) is 1. The van der Waals surface area contributed by atoms with E-state index in [0.29, 0.717) is 18.4 Å². The first-order chi connectivity index (χ1) is 9.51. The maximum Gasteiger partial charge on any atom is 0.241 e. The average molecular weight is 275 g/mol. The van der Waals surface area contributed by atoms with Gasteiger partial charge in [-0.05, 0) is 36.5 Å². The number of nitrogens with two attached hydrogens (primary N) is 1. The van der Waals surface area contributed by atoms with Crippen LogP contribution in [0.1, 0.15) is 26.3 Å². The molecule has 0 bridgehead atoms. The molecule has 0 radical (unpaired) electrons. The first-order valence-electron chi connectivity index (χ1n) is 7.35. The number of hydrogen-bond donors (Lipinski definition) is 2. The molecule has 0 saturated carbocycles. The predicted octanol–water partition coefficient (Wildman–Crippen LogP) is 2.06. The van der Waals surface area contributed by atoms with Crippen LogP contribution in [0.5, 0.6) is 0 Å². The van der Waals surface area contributed by atoms with Gasteiger partial charge in [-0.2, -0.15) is 0 Å². The Kier molecular flexibility index (Phi) is 4.78. The Morgan fingerprint density at radius 1 is 1.40 bits per heavy atom. The van der Waals surface area contributed by atoms with Gasteiger partial charge >= 0.3 is 0 Å². The molecule has 3 atom stereocenters. The van der Waals surface area contributed by atoms with Crippen molar-refractivity contribution in [3.8, 4) is 0 Å². The molecule has 1 aliphatic heterocycles. The number of hydrogen-bond acceptors (Lipinski definition) is 3. The van der Waals surface area contributed by atoms with Crippen molar-refractivity contribution >= 4 is 11.6 Å². The molecule has 3 N–H and O–H groups in total. The molecule has 4 heteroatoms. The zero-order chi connectivity index (χ0) is 14.7. The van der Waals surface area contributed by atoms with Crippen LogP contribution in [0.2, 0.25) is 0 Å². The third kappa shape index (κ3) is 3.38. The molecule has 1 aromatic carbocycles. The van der Waals surface area contributed by atoms with Crippen molar-refractivity contribution in [2.45, 2.75) is 33.4 Å². The standard InChI is InChI=1S/C16H25N3O/c1-11-9-19(10-12(11)2)13(3)16(20)18-15-6-4-5-14(7-15)8-17/h4-7,11-13H,8-10,17H2,1-3H3,(H,18,20). The number of amides is 1. The van der Waals surface area contributed by atoms with Gasteiger partial charge in [-0.15, -0.1) is 0 Å². The van der Waals surface area contributed by atoms with Gasteiger partial charge in [0.25, 0.3) is 0 Å². The summed E-state index contributed by atoms with van der Waals surface area (Å²) in [5.74, 6) is 1.37.